The quantitative estimate of drug-likeness (QED) is 0.549. The highest BCUT2D eigenvalue weighted by Gasteiger charge is 2.47. The first-order valence-corrected chi connectivity index (χ1v) is 4.30. The van der Waals surface area contributed by atoms with Gasteiger partial charge in [0.15, 0.2) is 0 Å². The van der Waals surface area contributed by atoms with Gasteiger partial charge in [0.05, 0.1) is 0 Å². The molecule has 0 spiro atoms. The van der Waals surface area contributed by atoms with E-state index in [4.69, 9.17) is 28.3 Å². The lowest BCUT2D eigenvalue weighted by Gasteiger charge is -2.35. The third kappa shape index (κ3) is 1.98. The number of carbonyl (C=O) groups is 1. The van der Waals surface area contributed by atoms with Crippen molar-refractivity contribution in [3.05, 3.63) is 24.3 Å². The fourth-order valence-corrected chi connectivity index (χ4v) is 1.33. The Balaban J connectivity index is 2.94. The third-order valence-electron chi connectivity index (χ3n) is 1.73. The van der Waals surface area contributed by atoms with E-state index in [1.54, 1.807) is 25.2 Å². The zero-order valence-corrected chi connectivity index (χ0v) is 8.34. The molecule has 5 heteroatoms. The summed E-state index contributed by atoms with van der Waals surface area (Å²) in [7, 11) is 0. The molecule has 1 aliphatic carbocycles. The van der Waals surface area contributed by atoms with Gasteiger partial charge >= 0.3 is 6.16 Å². The molecule has 0 bridgehead atoms. The predicted molar refractivity (Wildman–Crippen MR) is 50.2 cm³/mol. The van der Waals surface area contributed by atoms with Gasteiger partial charge in [0.25, 0.3) is 0 Å². The van der Waals surface area contributed by atoms with Crippen LogP contribution in [0.3, 0.4) is 0 Å². The van der Waals surface area contributed by atoms with Crippen molar-refractivity contribution in [2.24, 2.45) is 0 Å². The van der Waals surface area contributed by atoms with E-state index in [1.165, 1.54) is 6.08 Å². The molecule has 0 amide bonds. The Kier molecular flexibility index (Phi) is 2.59. The van der Waals surface area contributed by atoms with Crippen molar-refractivity contribution in [2.45, 2.75) is 16.9 Å². The van der Waals surface area contributed by atoms with Crippen LogP contribution in [-0.2, 0) is 4.74 Å². The monoisotopic (exact) mass is 222 g/mol. The number of carboxylic acid groups (broad SMARTS) is 1. The molecule has 0 radical (unpaired) electrons. The second-order valence-electron chi connectivity index (χ2n) is 2.81. The summed E-state index contributed by atoms with van der Waals surface area (Å²) in [6.45, 7) is 1.57. The molecule has 0 aliphatic heterocycles. The van der Waals surface area contributed by atoms with Crippen LogP contribution < -0.4 is 0 Å². The molecule has 13 heavy (non-hydrogen) atoms. The van der Waals surface area contributed by atoms with Gasteiger partial charge in [-0.25, -0.2) is 4.79 Å². The molecule has 0 aromatic carbocycles. The maximum absolute atomic E-state index is 10.3. The van der Waals surface area contributed by atoms with Gasteiger partial charge in [0.1, 0.15) is 4.87 Å². The van der Waals surface area contributed by atoms with Crippen LogP contribution in [0, 0.1) is 0 Å². The van der Waals surface area contributed by atoms with Crippen LogP contribution in [0.1, 0.15) is 6.92 Å². The Morgan fingerprint density at radius 3 is 2.38 bits per heavy atom. The van der Waals surface area contributed by atoms with Crippen LogP contribution in [0.4, 0.5) is 4.79 Å². The van der Waals surface area contributed by atoms with E-state index >= 15 is 0 Å². The van der Waals surface area contributed by atoms with Crippen LogP contribution in [0.2, 0.25) is 0 Å². The Morgan fingerprint density at radius 1 is 1.38 bits per heavy atom. The van der Waals surface area contributed by atoms with Gasteiger partial charge in [-0.15, -0.1) is 11.6 Å². The zero-order chi connectivity index (χ0) is 10.1. The number of hydrogen-bond acceptors (Lipinski definition) is 2. The molecule has 2 unspecified atom stereocenters. The first kappa shape index (κ1) is 10.4. The Morgan fingerprint density at radius 2 is 1.92 bits per heavy atom. The van der Waals surface area contributed by atoms with Gasteiger partial charge in [0, 0.05) is 0 Å². The van der Waals surface area contributed by atoms with Gasteiger partial charge < -0.3 is 9.84 Å². The molecule has 0 aromatic rings. The largest absolute Gasteiger partial charge is 0.507 e. The standard InChI is InChI=1S/C8H8Cl2O3/c1-7(9)4-2-3-5-8(7,10)13-6(11)12/h2-5H,1H3,(H,11,12). The maximum Gasteiger partial charge on any atom is 0.507 e. The SMILES string of the molecule is CC1(Cl)C=CC=CC1(Cl)OC(=O)O. The Bertz CT molecular complexity index is 283. The van der Waals surface area contributed by atoms with E-state index in [0.717, 1.165) is 0 Å². The van der Waals surface area contributed by atoms with Crippen molar-refractivity contribution >= 4 is 29.4 Å². The van der Waals surface area contributed by atoms with E-state index in [2.05, 4.69) is 4.74 Å². The number of allylic oxidation sites excluding steroid dienone is 2. The number of alkyl halides is 2. The lowest BCUT2D eigenvalue weighted by atomic mass is 9.98. The van der Waals surface area contributed by atoms with Crippen molar-refractivity contribution in [1.29, 1.82) is 0 Å². The minimum Gasteiger partial charge on any atom is -0.450 e. The topological polar surface area (TPSA) is 46.5 Å². The van der Waals surface area contributed by atoms with E-state index in [9.17, 15) is 4.79 Å². The Labute approximate surface area is 85.6 Å². The summed E-state index contributed by atoms with van der Waals surface area (Å²) in [6, 6.07) is 0. The van der Waals surface area contributed by atoms with E-state index in [-0.39, 0.29) is 0 Å². The first-order chi connectivity index (χ1) is 5.87. The minimum atomic E-state index is -1.53. The summed E-state index contributed by atoms with van der Waals surface area (Å²) in [5, 5.41) is 6.91. The average Bonchev–Trinajstić information content (AvgIpc) is 1.94. The van der Waals surface area contributed by atoms with Gasteiger partial charge in [-0.2, -0.15) is 0 Å². The number of ether oxygens (including phenoxy) is 1. The van der Waals surface area contributed by atoms with Crippen LogP contribution in [-0.4, -0.2) is 21.2 Å². The number of rotatable bonds is 1. The van der Waals surface area contributed by atoms with Gasteiger partial charge in [-0.05, 0) is 13.0 Å². The van der Waals surface area contributed by atoms with E-state index < -0.39 is 16.1 Å². The highest BCUT2D eigenvalue weighted by Crippen LogP contribution is 2.40. The molecule has 0 saturated heterocycles. The number of halogens is 2. The normalized spacial score (nSPS) is 37.5. The molecule has 0 fully saturated rings. The van der Waals surface area contributed by atoms with Crippen molar-refractivity contribution in [3.63, 3.8) is 0 Å². The summed E-state index contributed by atoms with van der Waals surface area (Å²) in [5.41, 5.74) is 0. The number of hydrogen-bond donors (Lipinski definition) is 1. The van der Waals surface area contributed by atoms with E-state index in [0.29, 0.717) is 0 Å². The molecule has 0 aromatic heterocycles. The van der Waals surface area contributed by atoms with E-state index in [1.807, 2.05) is 0 Å². The summed E-state index contributed by atoms with van der Waals surface area (Å²) < 4.78 is 4.51. The maximum atomic E-state index is 10.3. The smallest absolute Gasteiger partial charge is 0.450 e. The average molecular weight is 223 g/mol. The third-order valence-corrected chi connectivity index (χ3v) is 2.83. The first-order valence-electron chi connectivity index (χ1n) is 3.54. The van der Waals surface area contributed by atoms with Gasteiger partial charge in [0.2, 0.25) is 5.06 Å². The molecule has 0 saturated carbocycles. The van der Waals surface area contributed by atoms with Crippen molar-refractivity contribution in [3.8, 4) is 0 Å². The summed E-state index contributed by atoms with van der Waals surface area (Å²) in [5.74, 6) is 0. The molecular weight excluding hydrogens is 215 g/mol. The van der Waals surface area contributed by atoms with Crippen molar-refractivity contribution in [1.82, 2.24) is 0 Å². The van der Waals surface area contributed by atoms with Crippen LogP contribution in [0.5, 0.6) is 0 Å². The molecular formula is C8H8Cl2O3. The van der Waals surface area contributed by atoms with Crippen LogP contribution in [0.15, 0.2) is 24.3 Å². The van der Waals surface area contributed by atoms with Crippen LogP contribution >= 0.6 is 23.2 Å². The van der Waals surface area contributed by atoms with Gasteiger partial charge in [-0.3, -0.25) is 0 Å². The molecule has 72 valence electrons. The second-order valence-corrected chi connectivity index (χ2v) is 4.15. The molecule has 0 heterocycles. The zero-order valence-electron chi connectivity index (χ0n) is 6.83. The molecule has 1 N–H and O–H groups in total. The summed E-state index contributed by atoms with van der Waals surface area (Å²) >= 11 is 11.9. The molecule has 3 nitrogen and oxygen atoms in total. The Hall–Kier alpha value is -0.670. The minimum absolute atomic E-state index is 1.07. The highest BCUT2D eigenvalue weighted by atomic mass is 35.5. The van der Waals surface area contributed by atoms with Gasteiger partial charge in [-0.1, -0.05) is 29.8 Å². The van der Waals surface area contributed by atoms with Crippen molar-refractivity contribution in [2.75, 3.05) is 0 Å². The fourth-order valence-electron chi connectivity index (χ4n) is 0.953. The second kappa shape index (κ2) is 3.24. The molecule has 1 rings (SSSR count). The van der Waals surface area contributed by atoms with Crippen molar-refractivity contribution < 1.29 is 14.6 Å². The van der Waals surface area contributed by atoms with Crippen LogP contribution in [0.25, 0.3) is 0 Å². The summed E-state index contributed by atoms with van der Waals surface area (Å²) in [6.07, 6.45) is 4.78. The molecule has 2 atom stereocenters. The molecule has 1 aliphatic rings. The lowest BCUT2D eigenvalue weighted by molar-refractivity contribution is 0.0416. The fraction of sp³-hybridized carbons (Fsp3) is 0.375. The summed E-state index contributed by atoms with van der Waals surface area (Å²) in [4.78, 5) is 9.27. The predicted octanol–water partition coefficient (Wildman–Crippen LogP) is 2.74. The highest BCUT2D eigenvalue weighted by molar-refractivity contribution is 6.36. The lowest BCUT2D eigenvalue weighted by Crippen LogP contribution is -2.45.